The van der Waals surface area contributed by atoms with Gasteiger partial charge in [-0.1, -0.05) is 24.3 Å². The third-order valence-electron chi connectivity index (χ3n) is 3.08. The van der Waals surface area contributed by atoms with Crippen LogP contribution in [0.2, 0.25) is 0 Å². The molecule has 1 unspecified atom stereocenters. The zero-order valence-corrected chi connectivity index (χ0v) is 12.8. The zero-order chi connectivity index (χ0) is 15.5. The van der Waals surface area contributed by atoms with Crippen LogP contribution in [-0.2, 0) is 16.1 Å². The third kappa shape index (κ3) is 3.95. The van der Waals surface area contributed by atoms with E-state index in [0.717, 1.165) is 16.5 Å². The van der Waals surface area contributed by atoms with Crippen molar-refractivity contribution in [3.05, 3.63) is 48.7 Å². The molecule has 2 aromatic rings. The van der Waals surface area contributed by atoms with Crippen molar-refractivity contribution in [2.75, 3.05) is 0 Å². The number of nitrogens with one attached hydrogen (secondary N) is 2. The molecular formula is C17H22N2O2. The molecule has 1 heterocycles. The molecule has 0 radical (unpaired) electrons. The van der Waals surface area contributed by atoms with Gasteiger partial charge in [0.2, 0.25) is 0 Å². The molecule has 1 atom stereocenters. The van der Waals surface area contributed by atoms with E-state index in [2.05, 4.69) is 16.9 Å². The normalized spacial score (nSPS) is 13.1. The lowest BCUT2D eigenvalue weighted by Gasteiger charge is -2.23. The van der Waals surface area contributed by atoms with Gasteiger partial charge in [-0.2, -0.15) is 0 Å². The van der Waals surface area contributed by atoms with Crippen LogP contribution in [-0.4, -0.2) is 22.6 Å². The van der Waals surface area contributed by atoms with Crippen molar-refractivity contribution in [1.82, 2.24) is 10.3 Å². The van der Waals surface area contributed by atoms with Crippen LogP contribution >= 0.6 is 0 Å². The first-order chi connectivity index (χ1) is 9.90. The molecule has 2 rings (SSSR count). The fourth-order valence-electron chi connectivity index (χ4n) is 2.15. The summed E-state index contributed by atoms with van der Waals surface area (Å²) in [6, 6.07) is 7.59. The highest BCUT2D eigenvalue weighted by molar-refractivity contribution is 5.82. The molecule has 112 valence electrons. The van der Waals surface area contributed by atoms with Gasteiger partial charge < -0.3 is 9.72 Å². The minimum Gasteiger partial charge on any atom is -0.459 e. The smallest absolute Gasteiger partial charge is 0.327 e. The number of H-pyrrole nitrogens is 1. The monoisotopic (exact) mass is 286 g/mol. The first-order valence-electron chi connectivity index (χ1n) is 7.04. The second kappa shape index (κ2) is 6.14. The summed E-state index contributed by atoms with van der Waals surface area (Å²) in [5.41, 5.74) is 1.68. The largest absolute Gasteiger partial charge is 0.459 e. The summed E-state index contributed by atoms with van der Waals surface area (Å²) < 4.78 is 5.37. The Balaban J connectivity index is 2.05. The number of aromatic nitrogens is 1. The highest BCUT2D eigenvalue weighted by atomic mass is 16.6. The van der Waals surface area contributed by atoms with Gasteiger partial charge in [-0.25, -0.2) is 4.79 Å². The molecular weight excluding hydrogens is 264 g/mol. The Labute approximate surface area is 125 Å². The highest BCUT2D eigenvalue weighted by Gasteiger charge is 2.22. The molecule has 1 aromatic carbocycles. The van der Waals surface area contributed by atoms with Crippen LogP contribution in [0.1, 0.15) is 26.3 Å². The number of ether oxygens (including phenoxy) is 1. The van der Waals surface area contributed by atoms with E-state index < -0.39 is 11.6 Å². The Kier molecular flexibility index (Phi) is 4.48. The van der Waals surface area contributed by atoms with Gasteiger partial charge in [0.25, 0.3) is 0 Å². The number of benzene rings is 1. The van der Waals surface area contributed by atoms with E-state index in [-0.39, 0.29) is 5.97 Å². The molecule has 4 nitrogen and oxygen atoms in total. The molecule has 4 heteroatoms. The van der Waals surface area contributed by atoms with Crippen LogP contribution in [0.3, 0.4) is 0 Å². The number of rotatable bonds is 5. The number of hydrogen-bond acceptors (Lipinski definition) is 3. The van der Waals surface area contributed by atoms with E-state index in [9.17, 15) is 4.79 Å². The molecule has 0 amide bonds. The molecule has 0 spiro atoms. The number of para-hydroxylation sites is 1. The molecule has 1 aromatic heterocycles. The van der Waals surface area contributed by atoms with Crippen molar-refractivity contribution >= 4 is 16.9 Å². The van der Waals surface area contributed by atoms with Crippen molar-refractivity contribution in [3.8, 4) is 0 Å². The van der Waals surface area contributed by atoms with Gasteiger partial charge in [-0.3, -0.25) is 5.32 Å². The maximum atomic E-state index is 12.1. The van der Waals surface area contributed by atoms with Gasteiger partial charge in [-0.05, 0) is 37.8 Å². The van der Waals surface area contributed by atoms with E-state index in [1.54, 1.807) is 6.08 Å². The molecule has 0 saturated heterocycles. The molecule has 0 saturated carbocycles. The minimum absolute atomic E-state index is 0.309. The number of fused-ring (bicyclic) bond motifs is 1. The summed E-state index contributed by atoms with van der Waals surface area (Å²) >= 11 is 0. The quantitative estimate of drug-likeness (QED) is 0.656. The summed E-state index contributed by atoms with van der Waals surface area (Å²) in [6.45, 7) is 9.82. The second-order valence-corrected chi connectivity index (χ2v) is 5.99. The Morgan fingerprint density at radius 2 is 2.19 bits per heavy atom. The fraction of sp³-hybridized carbons (Fsp3) is 0.353. The first-order valence-corrected chi connectivity index (χ1v) is 7.04. The maximum Gasteiger partial charge on any atom is 0.327 e. The molecule has 0 aliphatic carbocycles. The van der Waals surface area contributed by atoms with Crippen LogP contribution in [0.5, 0.6) is 0 Å². The van der Waals surface area contributed by atoms with Crippen molar-refractivity contribution < 1.29 is 9.53 Å². The van der Waals surface area contributed by atoms with E-state index in [1.165, 1.54) is 0 Å². The van der Waals surface area contributed by atoms with Gasteiger partial charge in [0.05, 0.1) is 0 Å². The number of esters is 1. The lowest BCUT2D eigenvalue weighted by molar-refractivity contribution is -0.156. The summed E-state index contributed by atoms with van der Waals surface area (Å²) in [5, 5.41) is 4.33. The summed E-state index contributed by atoms with van der Waals surface area (Å²) in [7, 11) is 0. The number of carbonyl (C=O) groups excluding carboxylic acids is 1. The average Bonchev–Trinajstić information content (AvgIpc) is 2.86. The van der Waals surface area contributed by atoms with Crippen LogP contribution in [0.25, 0.3) is 10.9 Å². The summed E-state index contributed by atoms with van der Waals surface area (Å²) in [6.07, 6.45) is 3.48. The Hall–Kier alpha value is -2.07. The van der Waals surface area contributed by atoms with Gasteiger partial charge in [0, 0.05) is 18.3 Å². The number of carbonyl (C=O) groups is 1. The minimum atomic E-state index is -0.519. The van der Waals surface area contributed by atoms with E-state index in [0.29, 0.717) is 6.54 Å². The third-order valence-corrected chi connectivity index (χ3v) is 3.08. The Morgan fingerprint density at radius 1 is 1.43 bits per heavy atom. The predicted octanol–water partition coefficient (Wildman–Crippen LogP) is 3.15. The second-order valence-electron chi connectivity index (χ2n) is 5.99. The van der Waals surface area contributed by atoms with Gasteiger partial charge in [0.15, 0.2) is 0 Å². The molecule has 0 fully saturated rings. The van der Waals surface area contributed by atoms with Crippen LogP contribution in [0.15, 0.2) is 43.1 Å². The van der Waals surface area contributed by atoms with Gasteiger partial charge in [-0.15, -0.1) is 6.58 Å². The average molecular weight is 286 g/mol. The predicted molar refractivity (Wildman–Crippen MR) is 85.0 cm³/mol. The molecule has 2 N–H and O–H groups in total. The topological polar surface area (TPSA) is 54.1 Å². The summed E-state index contributed by atoms with van der Waals surface area (Å²) in [5.74, 6) is -0.309. The molecule has 21 heavy (non-hydrogen) atoms. The van der Waals surface area contributed by atoms with Gasteiger partial charge >= 0.3 is 5.97 Å². The fourth-order valence-corrected chi connectivity index (χ4v) is 2.15. The van der Waals surface area contributed by atoms with Crippen LogP contribution in [0.4, 0.5) is 0 Å². The molecule has 0 aliphatic rings. The van der Waals surface area contributed by atoms with Crippen LogP contribution in [0, 0.1) is 0 Å². The zero-order valence-electron chi connectivity index (χ0n) is 12.8. The first kappa shape index (κ1) is 15.3. The van der Waals surface area contributed by atoms with Crippen molar-refractivity contribution in [3.63, 3.8) is 0 Å². The van der Waals surface area contributed by atoms with Crippen molar-refractivity contribution in [1.29, 1.82) is 0 Å². The molecule has 0 aliphatic heterocycles. The van der Waals surface area contributed by atoms with Crippen LogP contribution < -0.4 is 5.32 Å². The Morgan fingerprint density at radius 3 is 2.86 bits per heavy atom. The highest BCUT2D eigenvalue weighted by Crippen LogP contribution is 2.17. The van der Waals surface area contributed by atoms with Gasteiger partial charge in [0.1, 0.15) is 11.6 Å². The lowest BCUT2D eigenvalue weighted by atomic mass is 10.1. The van der Waals surface area contributed by atoms with Crippen molar-refractivity contribution in [2.45, 2.75) is 39.0 Å². The SMILES string of the molecule is C=CC(NCc1cccc2cc[nH]c12)C(=O)OC(C)(C)C. The van der Waals surface area contributed by atoms with E-state index in [1.807, 2.05) is 51.2 Å². The summed E-state index contributed by atoms with van der Waals surface area (Å²) in [4.78, 5) is 15.3. The van der Waals surface area contributed by atoms with Crippen molar-refractivity contribution in [2.24, 2.45) is 0 Å². The number of aromatic amines is 1. The molecule has 0 bridgehead atoms. The standard InChI is InChI=1S/C17H22N2O2/c1-5-14(16(20)21-17(2,3)4)19-11-13-8-6-7-12-9-10-18-15(12)13/h5-10,14,18-19H,1,11H2,2-4H3. The van der Waals surface area contributed by atoms with E-state index >= 15 is 0 Å². The lowest BCUT2D eigenvalue weighted by Crippen LogP contribution is -2.39. The van der Waals surface area contributed by atoms with E-state index in [4.69, 9.17) is 4.74 Å². The maximum absolute atomic E-state index is 12.1. The number of hydrogen-bond donors (Lipinski definition) is 2. The Bertz CT molecular complexity index is 638.